The molecule has 1 atom stereocenters. The Hall–Kier alpha value is -1.69. The Morgan fingerprint density at radius 1 is 1.62 bits per heavy atom. The number of nitro benzene ring substituents is 1. The van der Waals surface area contributed by atoms with E-state index in [-0.39, 0.29) is 24.4 Å². The van der Waals surface area contributed by atoms with Crippen LogP contribution in [0.2, 0.25) is 0 Å². The Morgan fingerprint density at radius 3 is 2.81 bits per heavy atom. The first-order valence-corrected chi connectivity index (χ1v) is 4.76. The highest BCUT2D eigenvalue weighted by Crippen LogP contribution is 2.32. The van der Waals surface area contributed by atoms with Crippen LogP contribution in [0.1, 0.15) is 18.2 Å². The number of non-ortho nitro benzene ring substituents is 1. The molecule has 0 heterocycles. The lowest BCUT2D eigenvalue weighted by Crippen LogP contribution is -2.05. The first-order chi connectivity index (χ1) is 7.60. The van der Waals surface area contributed by atoms with Crippen LogP contribution in [0.3, 0.4) is 0 Å². The topological polar surface area (TPSA) is 78.4 Å². The van der Waals surface area contributed by atoms with Crippen molar-refractivity contribution in [3.8, 4) is 5.75 Å². The van der Waals surface area contributed by atoms with E-state index in [4.69, 9.17) is 10.5 Å². The number of benzene rings is 1. The summed E-state index contributed by atoms with van der Waals surface area (Å²) in [5.74, 6) is 0.176. The molecule has 0 radical (unpaired) electrons. The Bertz CT molecular complexity index is 384. The molecule has 5 nitrogen and oxygen atoms in total. The summed E-state index contributed by atoms with van der Waals surface area (Å²) in [5, 5.41) is 10.5. The van der Waals surface area contributed by atoms with Crippen LogP contribution in [0, 0.1) is 10.1 Å². The summed E-state index contributed by atoms with van der Waals surface area (Å²) in [6.45, 7) is 0.210. The third-order valence-corrected chi connectivity index (χ3v) is 2.19. The molecule has 16 heavy (non-hydrogen) atoms. The van der Waals surface area contributed by atoms with Gasteiger partial charge in [-0.25, -0.2) is 4.39 Å². The average molecular weight is 228 g/mol. The van der Waals surface area contributed by atoms with E-state index in [0.29, 0.717) is 5.56 Å². The lowest BCUT2D eigenvalue weighted by atomic mass is 10.1. The third kappa shape index (κ3) is 2.66. The Kier molecular flexibility index (Phi) is 4.19. The minimum Gasteiger partial charge on any atom is -0.496 e. The molecule has 0 saturated heterocycles. The van der Waals surface area contributed by atoms with E-state index in [1.165, 1.54) is 25.3 Å². The number of nitrogens with zero attached hydrogens (tertiary/aromatic N) is 1. The van der Waals surface area contributed by atoms with E-state index in [0.717, 1.165) is 0 Å². The predicted octanol–water partition coefficient (Wildman–Crippen LogP) is 1.96. The van der Waals surface area contributed by atoms with Crippen LogP contribution in [0.15, 0.2) is 18.2 Å². The summed E-state index contributed by atoms with van der Waals surface area (Å²) < 4.78 is 18.5. The van der Waals surface area contributed by atoms with Gasteiger partial charge in [0.05, 0.1) is 18.1 Å². The van der Waals surface area contributed by atoms with Crippen LogP contribution in [0.5, 0.6) is 5.75 Å². The standard InChI is InChI=1S/C10H13FN2O3/c1-16-10-6-7(13(14)15)2-3-8(10)9(11)4-5-12/h2-3,6,9H,4-5,12H2,1H3. The molecule has 0 saturated carbocycles. The van der Waals surface area contributed by atoms with E-state index in [9.17, 15) is 14.5 Å². The van der Waals surface area contributed by atoms with Crippen molar-refractivity contribution < 1.29 is 14.1 Å². The van der Waals surface area contributed by atoms with Gasteiger partial charge >= 0.3 is 0 Å². The van der Waals surface area contributed by atoms with Crippen LogP contribution in [0.25, 0.3) is 0 Å². The highest BCUT2D eigenvalue weighted by molar-refractivity contribution is 5.45. The molecule has 6 heteroatoms. The molecule has 2 N–H and O–H groups in total. The van der Waals surface area contributed by atoms with Crippen molar-refractivity contribution in [3.63, 3.8) is 0 Å². The summed E-state index contributed by atoms with van der Waals surface area (Å²) in [5.41, 5.74) is 5.41. The van der Waals surface area contributed by atoms with Gasteiger partial charge in [-0.05, 0) is 19.0 Å². The highest BCUT2D eigenvalue weighted by Gasteiger charge is 2.17. The summed E-state index contributed by atoms with van der Waals surface area (Å²) in [4.78, 5) is 9.96. The molecule has 0 fully saturated rings. The number of hydrogen-bond acceptors (Lipinski definition) is 4. The lowest BCUT2D eigenvalue weighted by molar-refractivity contribution is -0.384. The molecule has 1 aromatic carbocycles. The van der Waals surface area contributed by atoms with Crippen LogP contribution in [-0.2, 0) is 0 Å². The molecule has 1 unspecified atom stereocenters. The molecule has 88 valence electrons. The SMILES string of the molecule is COc1cc([N+](=O)[O-])ccc1C(F)CCN. The molecule has 0 aliphatic carbocycles. The van der Waals surface area contributed by atoms with Crippen LogP contribution < -0.4 is 10.5 Å². The van der Waals surface area contributed by atoms with Gasteiger partial charge in [0.25, 0.3) is 5.69 Å². The second-order valence-electron chi connectivity index (χ2n) is 3.23. The van der Waals surface area contributed by atoms with E-state index in [2.05, 4.69) is 0 Å². The molecule has 1 aromatic rings. The van der Waals surface area contributed by atoms with Crippen molar-refractivity contribution in [2.75, 3.05) is 13.7 Å². The summed E-state index contributed by atoms with van der Waals surface area (Å²) in [7, 11) is 1.34. The van der Waals surface area contributed by atoms with Crippen molar-refractivity contribution in [3.05, 3.63) is 33.9 Å². The average Bonchev–Trinajstić information content (AvgIpc) is 2.28. The zero-order valence-electron chi connectivity index (χ0n) is 8.85. The molecular weight excluding hydrogens is 215 g/mol. The number of halogens is 1. The zero-order valence-corrected chi connectivity index (χ0v) is 8.85. The Labute approximate surface area is 92.2 Å². The van der Waals surface area contributed by atoms with Gasteiger partial charge in [-0.3, -0.25) is 10.1 Å². The van der Waals surface area contributed by atoms with Gasteiger partial charge in [-0.15, -0.1) is 0 Å². The predicted molar refractivity (Wildman–Crippen MR) is 57.2 cm³/mol. The van der Waals surface area contributed by atoms with E-state index >= 15 is 0 Å². The smallest absolute Gasteiger partial charge is 0.273 e. The maximum Gasteiger partial charge on any atom is 0.273 e. The Morgan fingerprint density at radius 2 is 2.31 bits per heavy atom. The highest BCUT2D eigenvalue weighted by atomic mass is 19.1. The largest absolute Gasteiger partial charge is 0.496 e. The number of nitrogens with two attached hydrogens (primary N) is 1. The van der Waals surface area contributed by atoms with Gasteiger partial charge in [-0.1, -0.05) is 0 Å². The molecule has 0 aliphatic heterocycles. The van der Waals surface area contributed by atoms with Crippen LogP contribution >= 0.6 is 0 Å². The minimum atomic E-state index is -1.26. The number of methoxy groups -OCH3 is 1. The maximum absolute atomic E-state index is 13.6. The van der Waals surface area contributed by atoms with E-state index < -0.39 is 11.1 Å². The minimum absolute atomic E-state index is 0.124. The molecule has 1 rings (SSSR count). The normalized spacial score (nSPS) is 12.2. The zero-order chi connectivity index (χ0) is 12.1. The van der Waals surface area contributed by atoms with Crippen LogP contribution in [-0.4, -0.2) is 18.6 Å². The molecule has 0 aromatic heterocycles. The number of alkyl halides is 1. The number of ether oxygens (including phenoxy) is 1. The number of rotatable bonds is 5. The number of hydrogen-bond donors (Lipinski definition) is 1. The van der Waals surface area contributed by atoms with Crippen molar-refractivity contribution in [2.24, 2.45) is 5.73 Å². The second-order valence-corrected chi connectivity index (χ2v) is 3.23. The van der Waals surface area contributed by atoms with Gasteiger partial charge in [0.15, 0.2) is 0 Å². The van der Waals surface area contributed by atoms with Gasteiger partial charge < -0.3 is 10.5 Å². The summed E-state index contributed by atoms with van der Waals surface area (Å²) in [6.07, 6.45) is -1.10. The quantitative estimate of drug-likeness (QED) is 0.617. The fourth-order valence-electron chi connectivity index (χ4n) is 1.37. The fraction of sp³-hybridized carbons (Fsp3) is 0.400. The maximum atomic E-state index is 13.6. The molecule has 0 aliphatic rings. The van der Waals surface area contributed by atoms with E-state index in [1.54, 1.807) is 0 Å². The summed E-state index contributed by atoms with van der Waals surface area (Å²) >= 11 is 0. The van der Waals surface area contributed by atoms with Gasteiger partial charge in [0.1, 0.15) is 11.9 Å². The molecular formula is C10H13FN2O3. The van der Waals surface area contributed by atoms with Crippen molar-refractivity contribution in [1.29, 1.82) is 0 Å². The summed E-state index contributed by atoms with van der Waals surface area (Å²) in [6, 6.07) is 3.82. The second kappa shape index (κ2) is 5.41. The third-order valence-electron chi connectivity index (χ3n) is 2.19. The fourth-order valence-corrected chi connectivity index (χ4v) is 1.37. The van der Waals surface area contributed by atoms with Crippen molar-refractivity contribution in [2.45, 2.75) is 12.6 Å². The van der Waals surface area contributed by atoms with Crippen LogP contribution in [0.4, 0.5) is 10.1 Å². The number of nitro groups is 1. The first-order valence-electron chi connectivity index (χ1n) is 4.76. The molecule has 0 spiro atoms. The van der Waals surface area contributed by atoms with Gasteiger partial charge in [-0.2, -0.15) is 0 Å². The molecule has 0 bridgehead atoms. The van der Waals surface area contributed by atoms with Gasteiger partial charge in [0, 0.05) is 11.6 Å². The van der Waals surface area contributed by atoms with E-state index in [1.807, 2.05) is 0 Å². The van der Waals surface area contributed by atoms with Crippen molar-refractivity contribution in [1.82, 2.24) is 0 Å². The van der Waals surface area contributed by atoms with Crippen molar-refractivity contribution >= 4 is 5.69 Å². The Balaban J connectivity index is 3.06. The lowest BCUT2D eigenvalue weighted by Gasteiger charge is -2.11. The molecule has 0 amide bonds. The monoisotopic (exact) mass is 228 g/mol. The first kappa shape index (κ1) is 12.4. The van der Waals surface area contributed by atoms with Gasteiger partial charge in [0.2, 0.25) is 0 Å².